The van der Waals surface area contributed by atoms with Crippen LogP contribution >= 0.6 is 0 Å². The molecule has 0 aromatic heterocycles. The minimum atomic E-state index is -1.93. The highest BCUT2D eigenvalue weighted by atomic mass is 32.2. The van der Waals surface area contributed by atoms with Gasteiger partial charge in [-0.05, 0) is 59.8 Å². The average Bonchev–Trinajstić information content (AvgIpc) is 3.29. The Kier molecular flexibility index (Phi) is 4.31. The van der Waals surface area contributed by atoms with E-state index in [-0.39, 0.29) is 28.5 Å². The van der Waals surface area contributed by atoms with Crippen LogP contribution in [0.15, 0.2) is 24.3 Å². The Morgan fingerprint density at radius 2 is 2.11 bits per heavy atom. The molecule has 0 aliphatic heterocycles. The first-order chi connectivity index (χ1) is 12.7. The molecule has 4 saturated carbocycles. The smallest absolute Gasteiger partial charge is 0.244 e. The normalized spacial score (nSPS) is 36.6. The van der Waals surface area contributed by atoms with Gasteiger partial charge in [0.2, 0.25) is 5.91 Å². The molecule has 27 heavy (non-hydrogen) atoms. The van der Waals surface area contributed by atoms with E-state index in [1.54, 1.807) is 0 Å². The predicted molar refractivity (Wildman–Crippen MR) is 98.9 cm³/mol. The van der Waals surface area contributed by atoms with E-state index >= 15 is 0 Å². The van der Waals surface area contributed by atoms with Gasteiger partial charge in [0, 0.05) is 17.5 Å². The molecule has 4 aliphatic carbocycles. The highest BCUT2D eigenvalue weighted by Crippen LogP contribution is 2.79. The Morgan fingerprint density at radius 1 is 1.37 bits per heavy atom. The van der Waals surface area contributed by atoms with Crippen molar-refractivity contribution in [2.45, 2.75) is 32.7 Å². The van der Waals surface area contributed by atoms with Crippen LogP contribution in [0.25, 0.3) is 6.08 Å². The van der Waals surface area contributed by atoms with Crippen molar-refractivity contribution >= 4 is 23.1 Å². The van der Waals surface area contributed by atoms with E-state index in [2.05, 4.69) is 19.2 Å². The fourth-order valence-corrected chi connectivity index (χ4v) is 7.17. The summed E-state index contributed by atoms with van der Waals surface area (Å²) < 4.78 is 47.5. The van der Waals surface area contributed by atoms with Crippen LogP contribution in [0.5, 0.6) is 0 Å². The number of carbonyl (C=O) groups excluding carboxylic acids is 1. The Bertz CT molecular complexity index is 856. The second-order valence-corrected chi connectivity index (χ2v) is 9.57. The molecule has 2 N–H and O–H groups in total. The van der Waals surface area contributed by atoms with E-state index in [0.717, 1.165) is 25.0 Å². The van der Waals surface area contributed by atoms with Gasteiger partial charge < -0.3 is 9.87 Å². The molecule has 1 aromatic carbocycles. The van der Waals surface area contributed by atoms with Gasteiger partial charge in [-0.15, -0.1) is 0 Å². The lowest BCUT2D eigenvalue weighted by Crippen LogP contribution is -2.58. The number of carbonyl (C=O) groups is 1. The van der Waals surface area contributed by atoms with Gasteiger partial charge in [0.15, 0.2) is 22.7 Å². The lowest BCUT2D eigenvalue weighted by Gasteiger charge is -2.52. The number of hydrogen-bond donors (Lipinski definition) is 2. The zero-order valence-corrected chi connectivity index (χ0v) is 16.1. The lowest BCUT2D eigenvalue weighted by molar-refractivity contribution is -0.119. The molecule has 0 radical (unpaired) electrons. The lowest BCUT2D eigenvalue weighted by atomic mass is 9.56. The van der Waals surface area contributed by atoms with E-state index in [1.165, 1.54) is 18.2 Å². The number of nitrogens with one attached hydrogen (secondary N) is 1. The molecular formula is C20H23F2NO3S. The molecule has 6 atom stereocenters. The van der Waals surface area contributed by atoms with Gasteiger partial charge in [0.25, 0.3) is 0 Å². The van der Waals surface area contributed by atoms with Crippen molar-refractivity contribution in [2.24, 2.45) is 28.6 Å². The first kappa shape index (κ1) is 18.7. The van der Waals surface area contributed by atoms with Crippen LogP contribution < -0.4 is 5.32 Å². The molecule has 0 saturated heterocycles. The van der Waals surface area contributed by atoms with E-state index in [4.69, 9.17) is 0 Å². The average molecular weight is 395 g/mol. The predicted octanol–water partition coefficient (Wildman–Crippen LogP) is 3.37. The van der Waals surface area contributed by atoms with Gasteiger partial charge in [-0.3, -0.25) is 4.79 Å². The van der Waals surface area contributed by atoms with Gasteiger partial charge in [-0.25, -0.2) is 13.0 Å². The summed E-state index contributed by atoms with van der Waals surface area (Å²) in [5, 5.41) is 3.06. The summed E-state index contributed by atoms with van der Waals surface area (Å²) in [6.07, 6.45) is 4.64. The highest BCUT2D eigenvalue weighted by molar-refractivity contribution is 7.79. The van der Waals surface area contributed by atoms with Crippen LogP contribution in [0, 0.1) is 40.2 Å². The highest BCUT2D eigenvalue weighted by Gasteiger charge is 2.79. The summed E-state index contributed by atoms with van der Waals surface area (Å²) in [6.45, 7) is 4.31. The number of rotatable bonds is 5. The molecule has 4 bridgehead atoms. The summed E-state index contributed by atoms with van der Waals surface area (Å²) >= 11 is -1.93. The number of amides is 1. The minimum absolute atomic E-state index is 0.0965. The van der Waals surface area contributed by atoms with Gasteiger partial charge in [0.05, 0.1) is 5.75 Å². The molecule has 4 fully saturated rings. The van der Waals surface area contributed by atoms with Crippen LogP contribution in [-0.2, 0) is 15.9 Å². The quantitative estimate of drug-likeness (QED) is 0.593. The second-order valence-electron chi connectivity index (χ2n) is 8.64. The molecule has 4 aliphatic rings. The number of hydrogen-bond acceptors (Lipinski definition) is 2. The topological polar surface area (TPSA) is 66.4 Å². The molecule has 0 heterocycles. The van der Waals surface area contributed by atoms with Gasteiger partial charge in [0.1, 0.15) is 0 Å². The molecule has 7 heteroatoms. The van der Waals surface area contributed by atoms with E-state index in [9.17, 15) is 22.3 Å². The molecule has 5 rings (SSSR count). The van der Waals surface area contributed by atoms with Crippen LogP contribution in [0.3, 0.4) is 0 Å². The molecule has 1 aromatic rings. The maximum absolute atomic E-state index is 13.3. The van der Waals surface area contributed by atoms with Gasteiger partial charge in [-0.2, -0.15) is 0 Å². The third kappa shape index (κ3) is 2.78. The zero-order chi connectivity index (χ0) is 19.6. The molecule has 6 unspecified atom stereocenters. The monoisotopic (exact) mass is 395 g/mol. The fraction of sp³-hybridized carbons (Fsp3) is 0.550. The maximum atomic E-state index is 13.3. The minimum Gasteiger partial charge on any atom is -0.349 e. The number of benzene rings is 1. The van der Waals surface area contributed by atoms with E-state index in [1.807, 2.05) is 0 Å². The Balaban J connectivity index is 1.53. The SMILES string of the molecule is CC1(C)C2C3CCC1(CS(=O)O)C(NC(=O)C=Cc1ccc(F)c(F)c1)C32. The molecule has 146 valence electrons. The van der Waals surface area contributed by atoms with Crippen LogP contribution in [-0.4, -0.2) is 26.5 Å². The standard InChI is InChI=1S/C20H23F2NO3S/c1-19(2)17-12-7-8-20(19,10-27(25)26)18(16(12)17)23-15(24)6-4-11-3-5-13(21)14(22)9-11/h3-6,9,12,16-18H,7-8,10H2,1-2H3,(H,23,24)(H,25,26). The summed E-state index contributed by atoms with van der Waals surface area (Å²) in [6, 6.07) is 3.32. The maximum Gasteiger partial charge on any atom is 0.244 e. The van der Waals surface area contributed by atoms with Crippen molar-refractivity contribution < 1.29 is 22.3 Å². The third-order valence-electron chi connectivity index (χ3n) is 7.30. The first-order valence-electron chi connectivity index (χ1n) is 9.18. The second kappa shape index (κ2) is 6.21. The van der Waals surface area contributed by atoms with Gasteiger partial charge in [-0.1, -0.05) is 19.9 Å². The summed E-state index contributed by atoms with van der Waals surface area (Å²) in [7, 11) is 0. The largest absolute Gasteiger partial charge is 0.349 e. The van der Waals surface area contributed by atoms with E-state index < -0.39 is 22.7 Å². The van der Waals surface area contributed by atoms with Crippen molar-refractivity contribution in [1.29, 1.82) is 0 Å². The summed E-state index contributed by atoms with van der Waals surface area (Å²) in [4.78, 5) is 12.5. The first-order valence-corrected chi connectivity index (χ1v) is 10.5. The Labute approximate surface area is 159 Å². The van der Waals surface area contributed by atoms with Crippen LogP contribution in [0.4, 0.5) is 8.78 Å². The van der Waals surface area contributed by atoms with E-state index in [0.29, 0.717) is 23.3 Å². The van der Waals surface area contributed by atoms with Crippen molar-refractivity contribution in [3.63, 3.8) is 0 Å². The van der Waals surface area contributed by atoms with Crippen molar-refractivity contribution in [3.05, 3.63) is 41.5 Å². The molecule has 4 nitrogen and oxygen atoms in total. The summed E-state index contributed by atoms with van der Waals surface area (Å²) in [5.74, 6) is -0.626. The summed E-state index contributed by atoms with van der Waals surface area (Å²) in [5.41, 5.74) is -0.0871. The number of fused-ring (bicyclic) bond motifs is 1. The third-order valence-corrected chi connectivity index (χ3v) is 8.06. The Hall–Kier alpha value is -1.60. The van der Waals surface area contributed by atoms with Crippen molar-refractivity contribution in [3.8, 4) is 0 Å². The van der Waals surface area contributed by atoms with Gasteiger partial charge >= 0.3 is 0 Å². The molecule has 1 amide bonds. The van der Waals surface area contributed by atoms with Crippen molar-refractivity contribution in [2.75, 3.05) is 5.75 Å². The van der Waals surface area contributed by atoms with Crippen LogP contribution in [0.1, 0.15) is 32.3 Å². The van der Waals surface area contributed by atoms with Crippen LogP contribution in [0.2, 0.25) is 0 Å². The molecule has 0 spiro atoms. The zero-order valence-electron chi connectivity index (χ0n) is 15.2. The van der Waals surface area contributed by atoms with Crippen molar-refractivity contribution in [1.82, 2.24) is 5.32 Å². The number of halogens is 2. The molecular weight excluding hydrogens is 372 g/mol. The fourth-order valence-electron chi connectivity index (χ4n) is 6.04. The Morgan fingerprint density at radius 3 is 2.78 bits per heavy atom.